The molecule has 0 bridgehead atoms. The molecule has 0 N–H and O–H groups in total. The van der Waals surface area contributed by atoms with Crippen LogP contribution in [0.25, 0.3) is 10.2 Å². The Kier molecular flexibility index (Phi) is 4.31. The fourth-order valence-corrected chi connectivity index (χ4v) is 5.18. The lowest BCUT2D eigenvalue weighted by Gasteiger charge is -2.35. The molecule has 0 amide bonds. The molecule has 5 heteroatoms. The summed E-state index contributed by atoms with van der Waals surface area (Å²) >= 11 is 1.89. The third kappa shape index (κ3) is 2.95. The predicted molar refractivity (Wildman–Crippen MR) is 102 cm³/mol. The Balaban J connectivity index is 1.63. The van der Waals surface area contributed by atoms with E-state index in [1.54, 1.807) is 11.2 Å². The summed E-state index contributed by atoms with van der Waals surface area (Å²) in [4.78, 5) is 17.0. The number of nitrogens with zero attached hydrogens (tertiary/aromatic N) is 4. The van der Waals surface area contributed by atoms with Gasteiger partial charge < -0.3 is 4.90 Å². The molecule has 1 saturated heterocycles. The molecule has 2 aromatic rings. The second kappa shape index (κ2) is 6.45. The standard InChI is InChI=1S/C19H26N4S/c1-13(2)11-22-6-8-23(9-7-22)18-17-15-10-14(3)4-5-16(15)24-19(17)21-12-20-18/h12,14H,1,4-11H2,2-3H3/t14-/m0/s1. The van der Waals surface area contributed by atoms with Gasteiger partial charge in [-0.3, -0.25) is 4.90 Å². The van der Waals surface area contributed by atoms with Crippen molar-refractivity contribution in [3.05, 3.63) is 28.9 Å². The average Bonchev–Trinajstić information content (AvgIpc) is 2.93. The minimum atomic E-state index is 0.774. The van der Waals surface area contributed by atoms with Gasteiger partial charge in [-0.25, -0.2) is 9.97 Å². The minimum Gasteiger partial charge on any atom is -0.353 e. The first-order valence-electron chi connectivity index (χ1n) is 8.98. The zero-order valence-electron chi connectivity index (χ0n) is 14.7. The van der Waals surface area contributed by atoms with Crippen molar-refractivity contribution in [2.75, 3.05) is 37.6 Å². The van der Waals surface area contributed by atoms with Crippen molar-refractivity contribution in [3.8, 4) is 0 Å². The van der Waals surface area contributed by atoms with Crippen molar-refractivity contribution in [1.82, 2.24) is 14.9 Å². The van der Waals surface area contributed by atoms with E-state index in [0.29, 0.717) is 0 Å². The lowest BCUT2D eigenvalue weighted by Crippen LogP contribution is -2.47. The molecule has 2 aromatic heterocycles. The summed E-state index contributed by atoms with van der Waals surface area (Å²) in [6.45, 7) is 13.8. The van der Waals surface area contributed by atoms with E-state index >= 15 is 0 Å². The molecule has 1 atom stereocenters. The Hall–Kier alpha value is -1.46. The minimum absolute atomic E-state index is 0.774. The maximum absolute atomic E-state index is 4.71. The van der Waals surface area contributed by atoms with E-state index in [2.05, 4.69) is 35.2 Å². The number of aromatic nitrogens is 2. The van der Waals surface area contributed by atoms with Crippen LogP contribution in [0.15, 0.2) is 18.5 Å². The van der Waals surface area contributed by atoms with Crippen molar-refractivity contribution in [2.24, 2.45) is 5.92 Å². The van der Waals surface area contributed by atoms with E-state index in [1.165, 1.54) is 46.4 Å². The predicted octanol–water partition coefficient (Wildman–Crippen LogP) is 3.51. The van der Waals surface area contributed by atoms with Crippen LogP contribution in [0.2, 0.25) is 0 Å². The normalized spacial score (nSPS) is 21.9. The van der Waals surface area contributed by atoms with Crippen molar-refractivity contribution in [3.63, 3.8) is 0 Å². The molecule has 0 saturated carbocycles. The van der Waals surface area contributed by atoms with Gasteiger partial charge >= 0.3 is 0 Å². The van der Waals surface area contributed by atoms with E-state index < -0.39 is 0 Å². The van der Waals surface area contributed by atoms with Crippen LogP contribution in [-0.4, -0.2) is 47.6 Å². The maximum Gasteiger partial charge on any atom is 0.141 e. The molecular weight excluding hydrogens is 316 g/mol. The van der Waals surface area contributed by atoms with Gasteiger partial charge in [-0.15, -0.1) is 11.3 Å². The molecule has 0 aromatic carbocycles. The van der Waals surface area contributed by atoms with Gasteiger partial charge in [0, 0.05) is 37.6 Å². The van der Waals surface area contributed by atoms with Crippen LogP contribution in [0.4, 0.5) is 5.82 Å². The summed E-state index contributed by atoms with van der Waals surface area (Å²) in [5.41, 5.74) is 2.78. The molecule has 4 nitrogen and oxygen atoms in total. The van der Waals surface area contributed by atoms with Crippen LogP contribution in [0.1, 0.15) is 30.7 Å². The number of piperazine rings is 1. The number of aryl methyl sites for hydroxylation is 1. The highest BCUT2D eigenvalue weighted by molar-refractivity contribution is 7.19. The van der Waals surface area contributed by atoms with Gasteiger partial charge in [0.15, 0.2) is 0 Å². The number of hydrogen-bond donors (Lipinski definition) is 0. The molecule has 24 heavy (non-hydrogen) atoms. The van der Waals surface area contributed by atoms with E-state index in [-0.39, 0.29) is 0 Å². The van der Waals surface area contributed by atoms with E-state index in [1.807, 2.05) is 11.3 Å². The van der Waals surface area contributed by atoms with Crippen LogP contribution in [-0.2, 0) is 12.8 Å². The van der Waals surface area contributed by atoms with Crippen LogP contribution < -0.4 is 4.90 Å². The quantitative estimate of drug-likeness (QED) is 0.799. The molecule has 128 valence electrons. The summed E-state index contributed by atoms with van der Waals surface area (Å²) in [5.74, 6) is 1.94. The Morgan fingerprint density at radius 3 is 2.83 bits per heavy atom. The van der Waals surface area contributed by atoms with E-state index in [9.17, 15) is 0 Å². The second-order valence-corrected chi connectivity index (χ2v) is 8.53. The fourth-order valence-electron chi connectivity index (χ4n) is 4.00. The highest BCUT2D eigenvalue weighted by Gasteiger charge is 2.26. The molecule has 0 spiro atoms. The Morgan fingerprint density at radius 2 is 2.08 bits per heavy atom. The van der Waals surface area contributed by atoms with Crippen LogP contribution in [0, 0.1) is 5.92 Å². The Bertz CT molecular complexity index is 758. The smallest absolute Gasteiger partial charge is 0.141 e. The molecule has 1 fully saturated rings. The summed E-state index contributed by atoms with van der Waals surface area (Å²) < 4.78 is 0. The lowest BCUT2D eigenvalue weighted by atomic mass is 9.88. The van der Waals surface area contributed by atoms with Gasteiger partial charge in [0.2, 0.25) is 0 Å². The van der Waals surface area contributed by atoms with Gasteiger partial charge in [-0.05, 0) is 37.7 Å². The van der Waals surface area contributed by atoms with Gasteiger partial charge in [-0.2, -0.15) is 0 Å². The van der Waals surface area contributed by atoms with Gasteiger partial charge in [-0.1, -0.05) is 19.1 Å². The summed E-state index contributed by atoms with van der Waals surface area (Å²) in [6, 6.07) is 0. The molecule has 4 rings (SSSR count). The third-order valence-electron chi connectivity index (χ3n) is 5.23. The summed E-state index contributed by atoms with van der Waals surface area (Å²) in [6.07, 6.45) is 5.46. The molecule has 2 aliphatic rings. The largest absolute Gasteiger partial charge is 0.353 e. The van der Waals surface area contributed by atoms with Crippen molar-refractivity contribution in [2.45, 2.75) is 33.1 Å². The van der Waals surface area contributed by atoms with E-state index in [4.69, 9.17) is 4.98 Å². The highest BCUT2D eigenvalue weighted by Crippen LogP contribution is 2.40. The lowest BCUT2D eigenvalue weighted by molar-refractivity contribution is 0.278. The molecule has 1 aliphatic heterocycles. The first kappa shape index (κ1) is 16.0. The average molecular weight is 343 g/mol. The summed E-state index contributed by atoms with van der Waals surface area (Å²) in [5, 5.41) is 1.34. The zero-order valence-corrected chi connectivity index (χ0v) is 15.5. The molecular formula is C19H26N4S. The number of fused-ring (bicyclic) bond motifs is 3. The molecule has 0 radical (unpaired) electrons. The SMILES string of the molecule is C=C(C)CN1CCN(c2ncnc3sc4c(c23)C[C@@H](C)CC4)CC1. The fraction of sp³-hybridized carbons (Fsp3) is 0.579. The van der Waals surface area contributed by atoms with Gasteiger partial charge in [0.1, 0.15) is 17.0 Å². The highest BCUT2D eigenvalue weighted by atomic mass is 32.1. The van der Waals surface area contributed by atoms with Gasteiger partial charge in [0.05, 0.1) is 5.39 Å². The Morgan fingerprint density at radius 1 is 1.29 bits per heavy atom. The first-order valence-corrected chi connectivity index (χ1v) is 9.80. The molecule has 3 heterocycles. The first-order chi connectivity index (χ1) is 11.6. The number of hydrogen-bond acceptors (Lipinski definition) is 5. The Labute approximate surface area is 148 Å². The summed E-state index contributed by atoms with van der Waals surface area (Å²) in [7, 11) is 0. The van der Waals surface area contributed by atoms with Crippen molar-refractivity contribution < 1.29 is 0 Å². The maximum atomic E-state index is 4.71. The number of thiophene rings is 1. The van der Waals surface area contributed by atoms with Crippen LogP contribution in [0.3, 0.4) is 0 Å². The zero-order chi connectivity index (χ0) is 16.7. The van der Waals surface area contributed by atoms with Crippen molar-refractivity contribution >= 4 is 27.4 Å². The monoisotopic (exact) mass is 342 g/mol. The second-order valence-electron chi connectivity index (χ2n) is 7.45. The topological polar surface area (TPSA) is 32.3 Å². The molecule has 1 aliphatic carbocycles. The van der Waals surface area contributed by atoms with Crippen LogP contribution in [0.5, 0.6) is 0 Å². The van der Waals surface area contributed by atoms with Crippen LogP contribution >= 0.6 is 11.3 Å². The molecule has 0 unspecified atom stereocenters. The van der Waals surface area contributed by atoms with Crippen molar-refractivity contribution in [1.29, 1.82) is 0 Å². The number of rotatable bonds is 3. The van der Waals surface area contributed by atoms with E-state index in [0.717, 1.165) is 38.6 Å². The number of anilines is 1. The third-order valence-corrected chi connectivity index (χ3v) is 6.43. The van der Waals surface area contributed by atoms with Gasteiger partial charge in [0.25, 0.3) is 0 Å².